The summed E-state index contributed by atoms with van der Waals surface area (Å²) in [6, 6.07) is 7.71. The lowest BCUT2D eigenvalue weighted by Gasteiger charge is -2.16. The normalized spacial score (nSPS) is 13.3. The summed E-state index contributed by atoms with van der Waals surface area (Å²) in [5, 5.41) is 6.85. The zero-order chi connectivity index (χ0) is 13.5. The predicted molar refractivity (Wildman–Crippen MR) is 83.3 cm³/mol. The Bertz CT molecular complexity index is 399. The maximum Gasteiger partial charge on any atom is 0.227 e. The number of hydrogen-bond acceptors (Lipinski definition) is 2. The third-order valence-corrected chi connectivity index (χ3v) is 3.11. The highest BCUT2D eigenvalue weighted by molar-refractivity contribution is 6.30. The number of nitrogens with one attached hydrogen (secondary N) is 2. The van der Waals surface area contributed by atoms with E-state index < -0.39 is 0 Å². The summed E-state index contributed by atoms with van der Waals surface area (Å²) in [5.41, 5.74) is 0.941. The first-order chi connectivity index (χ1) is 8.54. The van der Waals surface area contributed by atoms with Crippen LogP contribution in [-0.2, 0) is 4.79 Å². The van der Waals surface area contributed by atoms with E-state index in [0.717, 1.165) is 12.1 Å². The van der Waals surface area contributed by atoms with Crippen LogP contribution in [-0.4, -0.2) is 25.0 Å². The number of halogens is 2. The van der Waals surface area contributed by atoms with E-state index in [0.29, 0.717) is 11.6 Å². The Morgan fingerprint density at radius 1 is 1.37 bits per heavy atom. The first kappa shape index (κ1) is 18.2. The van der Waals surface area contributed by atoms with Gasteiger partial charge in [-0.05, 0) is 38.1 Å². The lowest BCUT2D eigenvalue weighted by atomic mass is 10.0. The van der Waals surface area contributed by atoms with Crippen LogP contribution in [0.2, 0.25) is 5.02 Å². The molecule has 0 saturated carbocycles. The van der Waals surface area contributed by atoms with E-state index in [2.05, 4.69) is 10.6 Å². The molecule has 1 aromatic rings. The van der Waals surface area contributed by atoms with E-state index in [1.807, 2.05) is 45.0 Å². The van der Waals surface area contributed by atoms with Gasteiger partial charge in [0.2, 0.25) is 5.91 Å². The van der Waals surface area contributed by atoms with Crippen molar-refractivity contribution >= 4 is 29.9 Å². The van der Waals surface area contributed by atoms with Gasteiger partial charge in [-0.25, -0.2) is 0 Å². The van der Waals surface area contributed by atoms with Crippen molar-refractivity contribution < 1.29 is 4.79 Å². The zero-order valence-corrected chi connectivity index (χ0v) is 13.1. The Labute approximate surface area is 126 Å². The average Bonchev–Trinajstić information content (AvgIpc) is 2.35. The van der Waals surface area contributed by atoms with E-state index in [4.69, 9.17) is 11.6 Å². The molecule has 0 spiro atoms. The first-order valence-electron chi connectivity index (χ1n) is 6.31. The monoisotopic (exact) mass is 304 g/mol. The number of carbonyl (C=O) groups excluding carboxylic acids is 1. The average molecular weight is 305 g/mol. The van der Waals surface area contributed by atoms with Gasteiger partial charge in [-0.1, -0.05) is 30.7 Å². The van der Waals surface area contributed by atoms with Crippen LogP contribution < -0.4 is 10.6 Å². The maximum absolute atomic E-state index is 12.0. The van der Waals surface area contributed by atoms with Gasteiger partial charge in [0, 0.05) is 17.6 Å². The molecule has 1 amide bonds. The third kappa shape index (κ3) is 6.28. The summed E-state index contributed by atoms with van der Waals surface area (Å²) >= 11 is 5.92. The van der Waals surface area contributed by atoms with E-state index >= 15 is 0 Å². The number of hydrogen-bond donors (Lipinski definition) is 2. The molecule has 0 aliphatic heterocycles. The van der Waals surface area contributed by atoms with Crippen LogP contribution >= 0.6 is 24.0 Å². The molecular formula is C14H22Cl2N2O. The van der Waals surface area contributed by atoms with Gasteiger partial charge in [-0.2, -0.15) is 0 Å². The highest BCUT2D eigenvalue weighted by atomic mass is 35.5. The zero-order valence-electron chi connectivity index (χ0n) is 11.6. The molecule has 0 fully saturated rings. The SMILES string of the molecule is CCN[C@H](C)CNC(=O)C(C)c1cccc(Cl)c1.Cl. The summed E-state index contributed by atoms with van der Waals surface area (Å²) in [6.07, 6.45) is 0. The fourth-order valence-electron chi connectivity index (χ4n) is 1.75. The van der Waals surface area contributed by atoms with Gasteiger partial charge in [0.1, 0.15) is 0 Å². The summed E-state index contributed by atoms with van der Waals surface area (Å²) < 4.78 is 0. The van der Waals surface area contributed by atoms with Crippen LogP contribution in [0.5, 0.6) is 0 Å². The minimum atomic E-state index is -0.183. The third-order valence-electron chi connectivity index (χ3n) is 2.88. The lowest BCUT2D eigenvalue weighted by molar-refractivity contribution is -0.122. The van der Waals surface area contributed by atoms with Crippen LogP contribution in [0.15, 0.2) is 24.3 Å². The summed E-state index contributed by atoms with van der Waals surface area (Å²) in [5.74, 6) is -0.153. The predicted octanol–water partition coefficient (Wildman–Crippen LogP) is 2.98. The van der Waals surface area contributed by atoms with Gasteiger partial charge in [-0.15, -0.1) is 12.4 Å². The van der Waals surface area contributed by atoms with Gasteiger partial charge < -0.3 is 10.6 Å². The smallest absolute Gasteiger partial charge is 0.227 e. The van der Waals surface area contributed by atoms with Crippen LogP contribution in [0.4, 0.5) is 0 Å². The van der Waals surface area contributed by atoms with E-state index in [-0.39, 0.29) is 30.3 Å². The molecule has 0 radical (unpaired) electrons. The fourth-order valence-corrected chi connectivity index (χ4v) is 1.95. The lowest BCUT2D eigenvalue weighted by Crippen LogP contribution is -2.40. The number of benzene rings is 1. The first-order valence-corrected chi connectivity index (χ1v) is 6.69. The Kier molecular flexibility index (Phi) is 8.81. The summed E-state index contributed by atoms with van der Waals surface area (Å²) in [4.78, 5) is 12.0. The Balaban J connectivity index is 0.00000324. The molecule has 3 nitrogen and oxygen atoms in total. The fraction of sp³-hybridized carbons (Fsp3) is 0.500. The van der Waals surface area contributed by atoms with E-state index in [1.165, 1.54) is 0 Å². The molecule has 19 heavy (non-hydrogen) atoms. The quantitative estimate of drug-likeness (QED) is 0.848. The standard InChI is InChI=1S/C14H21ClN2O.ClH/c1-4-16-10(2)9-17-14(18)11(3)12-6-5-7-13(15)8-12;/h5-8,10-11,16H,4,9H2,1-3H3,(H,17,18);1H/t10-,11?;/m1./s1. The topological polar surface area (TPSA) is 41.1 Å². The molecule has 0 saturated heterocycles. The Hall–Kier alpha value is -0.770. The molecule has 0 bridgehead atoms. The van der Waals surface area contributed by atoms with Gasteiger partial charge >= 0.3 is 0 Å². The van der Waals surface area contributed by atoms with Gasteiger partial charge in [-0.3, -0.25) is 4.79 Å². The summed E-state index contributed by atoms with van der Waals surface area (Å²) in [7, 11) is 0. The van der Waals surface area contributed by atoms with Crippen LogP contribution in [0, 0.1) is 0 Å². The van der Waals surface area contributed by atoms with Crippen molar-refractivity contribution in [2.45, 2.75) is 32.7 Å². The molecule has 1 aromatic carbocycles. The molecular weight excluding hydrogens is 283 g/mol. The molecule has 2 N–H and O–H groups in total. The molecule has 1 rings (SSSR count). The maximum atomic E-state index is 12.0. The van der Waals surface area contributed by atoms with Crippen LogP contribution in [0.3, 0.4) is 0 Å². The highest BCUT2D eigenvalue weighted by Gasteiger charge is 2.15. The Morgan fingerprint density at radius 2 is 2.05 bits per heavy atom. The second kappa shape index (κ2) is 9.18. The molecule has 0 aliphatic carbocycles. The molecule has 0 heterocycles. The molecule has 2 atom stereocenters. The largest absolute Gasteiger partial charge is 0.354 e. The number of rotatable bonds is 6. The molecule has 5 heteroatoms. The minimum absolute atomic E-state index is 0. The van der Waals surface area contributed by atoms with Gasteiger partial charge in [0.25, 0.3) is 0 Å². The summed E-state index contributed by atoms with van der Waals surface area (Å²) in [6.45, 7) is 7.53. The van der Waals surface area contributed by atoms with Crippen molar-refractivity contribution in [2.75, 3.05) is 13.1 Å². The number of amides is 1. The van der Waals surface area contributed by atoms with Crippen molar-refractivity contribution in [3.8, 4) is 0 Å². The van der Waals surface area contributed by atoms with Gasteiger partial charge in [0.15, 0.2) is 0 Å². The van der Waals surface area contributed by atoms with E-state index in [9.17, 15) is 4.79 Å². The van der Waals surface area contributed by atoms with Crippen LogP contribution in [0.25, 0.3) is 0 Å². The molecule has 0 aliphatic rings. The van der Waals surface area contributed by atoms with Crippen molar-refractivity contribution in [1.29, 1.82) is 0 Å². The van der Waals surface area contributed by atoms with E-state index in [1.54, 1.807) is 0 Å². The highest BCUT2D eigenvalue weighted by Crippen LogP contribution is 2.19. The second-order valence-electron chi connectivity index (χ2n) is 4.48. The number of likely N-dealkylation sites (N-methyl/N-ethyl adjacent to an activating group) is 1. The molecule has 1 unspecified atom stereocenters. The van der Waals surface area contributed by atoms with Crippen LogP contribution in [0.1, 0.15) is 32.3 Å². The molecule has 0 aromatic heterocycles. The minimum Gasteiger partial charge on any atom is -0.354 e. The van der Waals surface area contributed by atoms with Crippen molar-refractivity contribution in [2.24, 2.45) is 0 Å². The molecule has 108 valence electrons. The second-order valence-corrected chi connectivity index (χ2v) is 4.92. The van der Waals surface area contributed by atoms with Crippen molar-refractivity contribution in [3.63, 3.8) is 0 Å². The van der Waals surface area contributed by atoms with Crippen molar-refractivity contribution in [3.05, 3.63) is 34.9 Å². The Morgan fingerprint density at radius 3 is 2.63 bits per heavy atom. The van der Waals surface area contributed by atoms with Gasteiger partial charge in [0.05, 0.1) is 5.92 Å². The van der Waals surface area contributed by atoms with Crippen molar-refractivity contribution in [1.82, 2.24) is 10.6 Å². The number of carbonyl (C=O) groups is 1.